The lowest BCUT2D eigenvalue weighted by molar-refractivity contribution is -0.210. The Morgan fingerprint density at radius 2 is 2.09 bits per heavy atom. The molecule has 2 saturated heterocycles. The van der Waals surface area contributed by atoms with Crippen LogP contribution in [-0.4, -0.2) is 38.3 Å². The van der Waals surface area contributed by atoms with E-state index in [4.69, 9.17) is 14.2 Å². The van der Waals surface area contributed by atoms with Crippen molar-refractivity contribution < 1.29 is 23.0 Å². The van der Waals surface area contributed by atoms with E-state index in [0.29, 0.717) is 31.9 Å². The van der Waals surface area contributed by atoms with Gasteiger partial charge in [-0.15, -0.1) is 0 Å². The van der Waals surface area contributed by atoms with E-state index in [2.05, 4.69) is 5.32 Å². The molecule has 1 aromatic rings. The van der Waals surface area contributed by atoms with Gasteiger partial charge in [-0.3, -0.25) is 0 Å². The van der Waals surface area contributed by atoms with Gasteiger partial charge in [0.1, 0.15) is 11.6 Å². The highest BCUT2D eigenvalue weighted by Crippen LogP contribution is 2.33. The third-order valence-corrected chi connectivity index (χ3v) is 4.24. The summed E-state index contributed by atoms with van der Waals surface area (Å²) in [6.45, 7) is 4.12. The molecular weight excluding hydrogens is 292 g/mol. The molecule has 6 heteroatoms. The first-order valence-electron chi connectivity index (χ1n) is 7.66. The lowest BCUT2D eigenvalue weighted by Crippen LogP contribution is -2.39. The Kier molecular flexibility index (Phi) is 4.73. The summed E-state index contributed by atoms with van der Waals surface area (Å²) in [4.78, 5) is 0. The third-order valence-electron chi connectivity index (χ3n) is 4.24. The van der Waals surface area contributed by atoms with E-state index >= 15 is 0 Å². The summed E-state index contributed by atoms with van der Waals surface area (Å²) in [6.07, 6.45) is 1.38. The van der Waals surface area contributed by atoms with Crippen LogP contribution in [0.15, 0.2) is 18.2 Å². The van der Waals surface area contributed by atoms with E-state index in [0.717, 1.165) is 25.0 Å². The summed E-state index contributed by atoms with van der Waals surface area (Å²) >= 11 is 0. The fraction of sp³-hybridized carbons (Fsp3) is 0.625. The van der Waals surface area contributed by atoms with E-state index in [9.17, 15) is 8.78 Å². The van der Waals surface area contributed by atoms with Crippen LogP contribution in [0.25, 0.3) is 0 Å². The van der Waals surface area contributed by atoms with Crippen molar-refractivity contribution in [3.8, 4) is 0 Å². The highest BCUT2D eigenvalue weighted by atomic mass is 19.1. The molecule has 0 saturated carbocycles. The molecule has 3 rings (SSSR count). The van der Waals surface area contributed by atoms with Gasteiger partial charge in [0.2, 0.25) is 0 Å². The fourth-order valence-electron chi connectivity index (χ4n) is 2.93. The SMILES string of the molecule is C[C@H](NC[C@H]1COC2(CCOCC2)O1)c1cc(F)ccc1F. The molecule has 0 bridgehead atoms. The van der Waals surface area contributed by atoms with Crippen LogP contribution < -0.4 is 5.32 Å². The number of hydrogen-bond acceptors (Lipinski definition) is 4. The van der Waals surface area contributed by atoms with Crippen molar-refractivity contribution in [2.75, 3.05) is 26.4 Å². The molecule has 0 amide bonds. The van der Waals surface area contributed by atoms with Crippen LogP contribution >= 0.6 is 0 Å². The van der Waals surface area contributed by atoms with Crippen molar-refractivity contribution in [3.63, 3.8) is 0 Å². The van der Waals surface area contributed by atoms with Gasteiger partial charge in [0.25, 0.3) is 0 Å². The van der Waals surface area contributed by atoms with Crippen molar-refractivity contribution in [2.24, 2.45) is 0 Å². The molecule has 122 valence electrons. The van der Waals surface area contributed by atoms with Crippen molar-refractivity contribution in [1.29, 1.82) is 0 Å². The highest BCUT2D eigenvalue weighted by molar-refractivity contribution is 5.21. The summed E-state index contributed by atoms with van der Waals surface area (Å²) in [5.74, 6) is -1.37. The van der Waals surface area contributed by atoms with E-state index < -0.39 is 17.4 Å². The Hall–Kier alpha value is -1.08. The van der Waals surface area contributed by atoms with Crippen LogP contribution in [0, 0.1) is 11.6 Å². The molecule has 1 aromatic carbocycles. The first-order chi connectivity index (χ1) is 10.6. The largest absolute Gasteiger partial charge is 0.381 e. The van der Waals surface area contributed by atoms with Gasteiger partial charge < -0.3 is 19.5 Å². The molecule has 2 fully saturated rings. The monoisotopic (exact) mass is 313 g/mol. The maximum Gasteiger partial charge on any atom is 0.173 e. The molecule has 0 aromatic heterocycles. The molecule has 2 heterocycles. The van der Waals surface area contributed by atoms with Gasteiger partial charge in [-0.1, -0.05) is 0 Å². The first-order valence-corrected chi connectivity index (χ1v) is 7.66. The van der Waals surface area contributed by atoms with Crippen molar-refractivity contribution >= 4 is 0 Å². The second-order valence-electron chi connectivity index (χ2n) is 5.87. The minimum atomic E-state index is -0.516. The average Bonchev–Trinajstić information content (AvgIpc) is 2.91. The number of halogens is 2. The van der Waals surface area contributed by atoms with Crippen molar-refractivity contribution in [2.45, 2.75) is 37.7 Å². The zero-order chi connectivity index (χ0) is 15.6. The molecule has 2 aliphatic heterocycles. The molecule has 0 radical (unpaired) electrons. The van der Waals surface area contributed by atoms with Crippen LogP contribution in [0.3, 0.4) is 0 Å². The minimum absolute atomic E-state index is 0.0860. The van der Waals surface area contributed by atoms with E-state index in [-0.39, 0.29) is 12.1 Å². The third kappa shape index (κ3) is 3.46. The Morgan fingerprint density at radius 3 is 2.86 bits per heavy atom. The normalized spacial score (nSPS) is 25.5. The van der Waals surface area contributed by atoms with Gasteiger partial charge in [0, 0.05) is 31.0 Å². The summed E-state index contributed by atoms with van der Waals surface area (Å²) in [5.41, 5.74) is 0.319. The van der Waals surface area contributed by atoms with E-state index in [1.807, 2.05) is 0 Å². The number of ether oxygens (including phenoxy) is 3. The van der Waals surface area contributed by atoms with E-state index in [1.165, 1.54) is 6.07 Å². The molecule has 0 unspecified atom stereocenters. The Balaban J connectivity index is 1.53. The molecule has 1 spiro atoms. The first kappa shape index (κ1) is 15.8. The maximum atomic E-state index is 13.7. The van der Waals surface area contributed by atoms with Crippen molar-refractivity contribution in [3.05, 3.63) is 35.4 Å². The molecule has 2 atom stereocenters. The van der Waals surface area contributed by atoms with Gasteiger partial charge in [0.15, 0.2) is 5.79 Å². The van der Waals surface area contributed by atoms with Gasteiger partial charge in [-0.2, -0.15) is 0 Å². The molecule has 22 heavy (non-hydrogen) atoms. The fourth-order valence-corrected chi connectivity index (χ4v) is 2.93. The second kappa shape index (κ2) is 6.58. The topological polar surface area (TPSA) is 39.7 Å². The van der Waals surface area contributed by atoms with Crippen molar-refractivity contribution in [1.82, 2.24) is 5.32 Å². The minimum Gasteiger partial charge on any atom is -0.381 e. The van der Waals surface area contributed by atoms with Gasteiger partial charge in [-0.25, -0.2) is 8.78 Å². The average molecular weight is 313 g/mol. The predicted molar refractivity (Wildman–Crippen MR) is 76.4 cm³/mol. The highest BCUT2D eigenvalue weighted by Gasteiger charge is 2.42. The second-order valence-corrected chi connectivity index (χ2v) is 5.87. The lowest BCUT2D eigenvalue weighted by Gasteiger charge is -2.31. The van der Waals surface area contributed by atoms with Crippen LogP contribution in [0.4, 0.5) is 8.78 Å². The summed E-state index contributed by atoms with van der Waals surface area (Å²) < 4.78 is 44.1. The van der Waals surface area contributed by atoms with Crippen LogP contribution in [0.2, 0.25) is 0 Å². The van der Waals surface area contributed by atoms with Crippen LogP contribution in [0.5, 0.6) is 0 Å². The number of nitrogens with one attached hydrogen (secondary N) is 1. The predicted octanol–water partition coefficient (Wildman–Crippen LogP) is 2.54. The Morgan fingerprint density at radius 1 is 1.32 bits per heavy atom. The molecule has 2 aliphatic rings. The standard InChI is InChI=1S/C16H21F2NO3/c1-11(14-8-12(17)2-3-15(14)18)19-9-13-10-21-16(22-13)4-6-20-7-5-16/h2-3,8,11,13,19H,4-7,9-10H2,1H3/t11-,13-/m0/s1. The lowest BCUT2D eigenvalue weighted by atomic mass is 10.1. The molecule has 4 nitrogen and oxygen atoms in total. The van der Waals surface area contributed by atoms with Gasteiger partial charge in [0.05, 0.1) is 25.9 Å². The number of benzene rings is 1. The Labute approximate surface area is 128 Å². The summed E-state index contributed by atoms with van der Waals surface area (Å²) in [6, 6.07) is 3.19. The Bertz CT molecular complexity index is 520. The van der Waals surface area contributed by atoms with Crippen LogP contribution in [-0.2, 0) is 14.2 Å². The molecular formula is C16H21F2NO3. The quantitative estimate of drug-likeness (QED) is 0.927. The van der Waals surface area contributed by atoms with Gasteiger partial charge in [-0.05, 0) is 25.1 Å². The molecule has 0 aliphatic carbocycles. The number of rotatable bonds is 4. The van der Waals surface area contributed by atoms with Gasteiger partial charge >= 0.3 is 0 Å². The smallest absolute Gasteiger partial charge is 0.173 e. The van der Waals surface area contributed by atoms with Crippen LogP contribution in [0.1, 0.15) is 31.4 Å². The maximum absolute atomic E-state index is 13.7. The summed E-state index contributed by atoms with van der Waals surface area (Å²) in [7, 11) is 0. The zero-order valence-electron chi connectivity index (χ0n) is 12.6. The summed E-state index contributed by atoms with van der Waals surface area (Å²) in [5, 5.41) is 3.19. The number of hydrogen-bond donors (Lipinski definition) is 1. The van der Waals surface area contributed by atoms with E-state index in [1.54, 1.807) is 6.92 Å². The molecule has 1 N–H and O–H groups in total. The zero-order valence-corrected chi connectivity index (χ0v) is 12.6.